The smallest absolute Gasteiger partial charge is 0.0553 e. The highest BCUT2D eigenvalue weighted by molar-refractivity contribution is 4.29. The van der Waals surface area contributed by atoms with Gasteiger partial charge in [-0.25, -0.2) is 0 Å². The molecule has 3 nitrogen and oxygen atoms in total. The second-order valence-electron chi connectivity index (χ2n) is 1.65. The number of aliphatic hydroxyl groups excluding tert-OH is 1. The number of unbranched alkanes of at least 4 members (excludes halogenated alkanes) is 1. The Balaban J connectivity index is 0. The molecule has 0 aromatic carbocycles. The molecular weight excluding hydrogens is 116 g/mol. The number of hydrogen-bond acceptors (Lipinski definition) is 3. The average Bonchev–Trinajstić information content (AvgIpc) is 1.91. The van der Waals surface area contributed by atoms with Gasteiger partial charge in [-0.3, -0.25) is 0 Å². The van der Waals surface area contributed by atoms with Gasteiger partial charge in [0.2, 0.25) is 0 Å². The fourth-order valence-corrected chi connectivity index (χ4v) is 0.204. The van der Waals surface area contributed by atoms with Crippen molar-refractivity contribution in [2.75, 3.05) is 19.7 Å². The topological polar surface area (TPSA) is 72.3 Å². The molecule has 0 rings (SSSR count). The van der Waals surface area contributed by atoms with E-state index in [-0.39, 0.29) is 6.61 Å². The summed E-state index contributed by atoms with van der Waals surface area (Å²) >= 11 is 0. The molecule has 0 fully saturated rings. The van der Waals surface area contributed by atoms with Crippen molar-refractivity contribution in [2.24, 2.45) is 11.5 Å². The van der Waals surface area contributed by atoms with Crippen LogP contribution in [-0.2, 0) is 0 Å². The van der Waals surface area contributed by atoms with E-state index in [1.165, 1.54) is 12.8 Å². The molecular formula is C6H18N2O. The van der Waals surface area contributed by atoms with Crippen LogP contribution in [-0.4, -0.2) is 24.8 Å². The van der Waals surface area contributed by atoms with Crippen molar-refractivity contribution in [2.45, 2.75) is 19.8 Å². The van der Waals surface area contributed by atoms with E-state index in [0.29, 0.717) is 6.54 Å². The molecule has 0 spiro atoms. The highest BCUT2D eigenvalue weighted by Gasteiger charge is 1.67. The minimum absolute atomic E-state index is 0.0972. The van der Waals surface area contributed by atoms with Gasteiger partial charge in [0.15, 0.2) is 0 Å². The van der Waals surface area contributed by atoms with Gasteiger partial charge in [-0.2, -0.15) is 0 Å². The van der Waals surface area contributed by atoms with E-state index in [2.05, 4.69) is 6.92 Å². The Morgan fingerprint density at radius 2 is 1.67 bits per heavy atom. The van der Waals surface area contributed by atoms with Gasteiger partial charge in [0.1, 0.15) is 0 Å². The zero-order valence-corrected chi connectivity index (χ0v) is 6.14. The molecule has 0 heterocycles. The Morgan fingerprint density at radius 1 is 1.22 bits per heavy atom. The molecule has 3 heteroatoms. The molecule has 0 aliphatic rings. The third-order valence-electron chi connectivity index (χ3n) is 0.687. The second kappa shape index (κ2) is 15.7. The summed E-state index contributed by atoms with van der Waals surface area (Å²) in [6, 6.07) is 0. The number of nitrogens with two attached hydrogens (primary N) is 2. The van der Waals surface area contributed by atoms with Crippen LogP contribution in [0.1, 0.15) is 19.8 Å². The van der Waals surface area contributed by atoms with Crippen molar-refractivity contribution in [3.63, 3.8) is 0 Å². The lowest BCUT2D eigenvalue weighted by Gasteiger charge is -1.80. The minimum Gasteiger partial charge on any atom is -0.395 e. The lowest BCUT2D eigenvalue weighted by atomic mass is 10.3. The third kappa shape index (κ3) is 32.8. The fraction of sp³-hybridized carbons (Fsp3) is 1.00. The van der Waals surface area contributed by atoms with Gasteiger partial charge in [0.05, 0.1) is 6.61 Å². The highest BCUT2D eigenvalue weighted by atomic mass is 16.3. The lowest BCUT2D eigenvalue weighted by molar-refractivity contribution is 0.306. The highest BCUT2D eigenvalue weighted by Crippen LogP contribution is 1.77. The Kier molecular flexibility index (Phi) is 20.3. The summed E-state index contributed by atoms with van der Waals surface area (Å²) in [6.07, 6.45) is 2.39. The third-order valence-corrected chi connectivity index (χ3v) is 0.687. The van der Waals surface area contributed by atoms with Crippen LogP contribution in [0.25, 0.3) is 0 Å². The van der Waals surface area contributed by atoms with Crippen molar-refractivity contribution < 1.29 is 5.11 Å². The van der Waals surface area contributed by atoms with Gasteiger partial charge in [-0.05, 0) is 13.0 Å². The Bertz CT molecular complexity index is 30.2. The van der Waals surface area contributed by atoms with Crippen LogP contribution in [0.15, 0.2) is 0 Å². The molecule has 0 bridgehead atoms. The Morgan fingerprint density at radius 3 is 1.67 bits per heavy atom. The zero-order chi connectivity index (χ0) is 7.54. The van der Waals surface area contributed by atoms with Crippen molar-refractivity contribution in [3.8, 4) is 0 Å². The van der Waals surface area contributed by atoms with Gasteiger partial charge in [-0.1, -0.05) is 13.3 Å². The van der Waals surface area contributed by atoms with Crippen LogP contribution >= 0.6 is 0 Å². The van der Waals surface area contributed by atoms with Crippen LogP contribution in [0.2, 0.25) is 0 Å². The van der Waals surface area contributed by atoms with Crippen LogP contribution in [0.4, 0.5) is 0 Å². The molecule has 0 saturated heterocycles. The zero-order valence-electron chi connectivity index (χ0n) is 6.14. The van der Waals surface area contributed by atoms with E-state index in [1.54, 1.807) is 0 Å². The maximum absolute atomic E-state index is 7.75. The largest absolute Gasteiger partial charge is 0.395 e. The lowest BCUT2D eigenvalue weighted by Crippen LogP contribution is -2.02. The van der Waals surface area contributed by atoms with Crippen LogP contribution < -0.4 is 11.5 Å². The van der Waals surface area contributed by atoms with E-state index >= 15 is 0 Å². The quantitative estimate of drug-likeness (QED) is 0.495. The molecule has 9 heavy (non-hydrogen) atoms. The van der Waals surface area contributed by atoms with Gasteiger partial charge < -0.3 is 16.6 Å². The average molecular weight is 134 g/mol. The summed E-state index contributed by atoms with van der Waals surface area (Å²) < 4.78 is 0. The van der Waals surface area contributed by atoms with Crippen LogP contribution in [0.3, 0.4) is 0 Å². The van der Waals surface area contributed by atoms with Gasteiger partial charge in [0.25, 0.3) is 0 Å². The first-order valence-corrected chi connectivity index (χ1v) is 3.34. The first kappa shape index (κ1) is 11.6. The molecule has 0 saturated carbocycles. The molecule has 58 valence electrons. The Labute approximate surface area is 57.0 Å². The van der Waals surface area contributed by atoms with Crippen molar-refractivity contribution in [1.82, 2.24) is 0 Å². The summed E-state index contributed by atoms with van der Waals surface area (Å²) in [5, 5.41) is 7.75. The standard InChI is InChI=1S/C4H11N.C2H7NO/c1-2-3-4-5;3-1-2-4/h2-5H2,1H3;4H,1-3H2. The van der Waals surface area contributed by atoms with E-state index in [4.69, 9.17) is 16.6 Å². The minimum atomic E-state index is 0.0972. The molecule has 0 aromatic rings. The van der Waals surface area contributed by atoms with Gasteiger partial charge in [0, 0.05) is 6.54 Å². The van der Waals surface area contributed by atoms with Crippen molar-refractivity contribution in [1.29, 1.82) is 0 Å². The summed E-state index contributed by atoms with van der Waals surface area (Å²) in [7, 11) is 0. The number of aliphatic hydroxyl groups is 1. The fourth-order valence-electron chi connectivity index (χ4n) is 0.204. The summed E-state index contributed by atoms with van der Waals surface area (Å²) in [6.45, 7) is 3.45. The molecule has 0 aliphatic heterocycles. The summed E-state index contributed by atoms with van der Waals surface area (Å²) in [5.74, 6) is 0. The van der Waals surface area contributed by atoms with Crippen molar-refractivity contribution >= 4 is 0 Å². The van der Waals surface area contributed by atoms with E-state index in [0.717, 1.165) is 6.54 Å². The molecule has 0 atom stereocenters. The predicted molar refractivity (Wildman–Crippen MR) is 40.1 cm³/mol. The molecule has 0 aliphatic carbocycles. The van der Waals surface area contributed by atoms with Gasteiger partial charge >= 0.3 is 0 Å². The van der Waals surface area contributed by atoms with Crippen LogP contribution in [0, 0.1) is 0 Å². The monoisotopic (exact) mass is 134 g/mol. The molecule has 0 unspecified atom stereocenters. The van der Waals surface area contributed by atoms with Crippen molar-refractivity contribution in [3.05, 3.63) is 0 Å². The van der Waals surface area contributed by atoms with E-state index in [9.17, 15) is 0 Å². The first-order valence-electron chi connectivity index (χ1n) is 3.34. The van der Waals surface area contributed by atoms with Crippen LogP contribution in [0.5, 0.6) is 0 Å². The first-order chi connectivity index (χ1) is 4.33. The van der Waals surface area contributed by atoms with E-state index in [1.807, 2.05) is 0 Å². The predicted octanol–water partition coefficient (Wildman–Crippen LogP) is -0.317. The second-order valence-corrected chi connectivity index (χ2v) is 1.65. The molecule has 5 N–H and O–H groups in total. The molecule has 0 radical (unpaired) electrons. The maximum atomic E-state index is 7.75. The summed E-state index contributed by atoms with van der Waals surface area (Å²) in [5.41, 5.74) is 9.92. The number of rotatable bonds is 3. The molecule has 0 amide bonds. The maximum Gasteiger partial charge on any atom is 0.0553 e. The normalized spacial score (nSPS) is 8.00. The summed E-state index contributed by atoms with van der Waals surface area (Å²) in [4.78, 5) is 0. The van der Waals surface area contributed by atoms with Gasteiger partial charge in [-0.15, -0.1) is 0 Å². The Hall–Kier alpha value is -0.120. The van der Waals surface area contributed by atoms with E-state index < -0.39 is 0 Å². The SMILES string of the molecule is CCCCN.NCCO. The number of hydrogen-bond donors (Lipinski definition) is 3. The molecule has 0 aromatic heterocycles.